The zero-order valence-corrected chi connectivity index (χ0v) is 16.2. The minimum atomic E-state index is 0.419. The molecule has 1 N–H and O–H groups in total. The third-order valence-electron chi connectivity index (χ3n) is 5.24. The minimum absolute atomic E-state index is 0.419. The molecular weight excluding hydrogens is 358 g/mol. The number of fused-ring (bicyclic) bond motifs is 1. The SMILES string of the molecule is COc1ccc(N=O)cc1CSc1ccccc1C1=NC2CCCCC2N1. The fraction of sp³-hybridized carbons (Fsp3) is 0.381. The van der Waals surface area contributed by atoms with Crippen molar-refractivity contribution < 1.29 is 4.74 Å². The number of aliphatic imine (C=N–C) groups is 1. The number of methoxy groups -OCH3 is 1. The molecule has 0 amide bonds. The first-order valence-corrected chi connectivity index (χ1v) is 10.3. The summed E-state index contributed by atoms with van der Waals surface area (Å²) in [6.07, 6.45) is 4.94. The van der Waals surface area contributed by atoms with Gasteiger partial charge < -0.3 is 10.1 Å². The van der Waals surface area contributed by atoms with Gasteiger partial charge in [-0.3, -0.25) is 4.99 Å². The van der Waals surface area contributed by atoms with E-state index >= 15 is 0 Å². The van der Waals surface area contributed by atoms with E-state index in [-0.39, 0.29) is 0 Å². The van der Waals surface area contributed by atoms with Crippen LogP contribution in [0.15, 0.2) is 57.5 Å². The van der Waals surface area contributed by atoms with Gasteiger partial charge in [0.25, 0.3) is 0 Å². The van der Waals surface area contributed by atoms with Crippen molar-refractivity contribution in [1.82, 2.24) is 5.32 Å². The summed E-state index contributed by atoms with van der Waals surface area (Å²) < 4.78 is 5.43. The minimum Gasteiger partial charge on any atom is -0.496 e. The number of amidine groups is 1. The van der Waals surface area contributed by atoms with Crippen LogP contribution in [0.25, 0.3) is 0 Å². The fourth-order valence-corrected chi connectivity index (χ4v) is 4.87. The second-order valence-electron chi connectivity index (χ2n) is 6.95. The van der Waals surface area contributed by atoms with Crippen molar-refractivity contribution in [3.05, 3.63) is 58.5 Å². The smallest absolute Gasteiger partial charge is 0.130 e. The van der Waals surface area contributed by atoms with E-state index in [4.69, 9.17) is 9.73 Å². The Balaban J connectivity index is 1.55. The van der Waals surface area contributed by atoms with Crippen molar-refractivity contribution in [2.24, 2.45) is 10.2 Å². The standard InChI is InChI=1S/C21H23N3O2S/c1-26-19-11-10-15(24-25)12-14(19)13-27-20-9-5-2-6-16(20)21-22-17-7-3-4-8-18(17)23-21/h2,5-6,9-12,17-18H,3-4,7-8,13H2,1H3,(H,22,23). The van der Waals surface area contributed by atoms with E-state index in [1.165, 1.54) is 30.6 Å². The molecule has 0 bridgehead atoms. The summed E-state index contributed by atoms with van der Waals surface area (Å²) in [6.45, 7) is 0. The molecule has 2 aliphatic rings. The van der Waals surface area contributed by atoms with Gasteiger partial charge in [0, 0.05) is 27.8 Å². The van der Waals surface area contributed by atoms with Gasteiger partial charge in [-0.25, -0.2) is 0 Å². The first-order valence-electron chi connectivity index (χ1n) is 9.35. The number of nitrogens with zero attached hydrogens (tertiary/aromatic N) is 2. The highest BCUT2D eigenvalue weighted by molar-refractivity contribution is 7.98. The second-order valence-corrected chi connectivity index (χ2v) is 7.97. The van der Waals surface area contributed by atoms with Crippen LogP contribution in [0.5, 0.6) is 5.75 Å². The molecule has 4 rings (SSSR count). The van der Waals surface area contributed by atoms with Crippen LogP contribution in [0.4, 0.5) is 5.69 Å². The van der Waals surface area contributed by atoms with Gasteiger partial charge in [0.15, 0.2) is 0 Å². The third-order valence-corrected chi connectivity index (χ3v) is 6.36. The first kappa shape index (κ1) is 18.0. The van der Waals surface area contributed by atoms with Gasteiger partial charge in [0.1, 0.15) is 17.3 Å². The van der Waals surface area contributed by atoms with E-state index in [9.17, 15) is 4.91 Å². The summed E-state index contributed by atoms with van der Waals surface area (Å²) in [5, 5.41) is 6.68. The van der Waals surface area contributed by atoms with Gasteiger partial charge in [-0.05, 0) is 42.3 Å². The number of nitroso groups, excluding NO2 is 1. The molecule has 1 fully saturated rings. The highest BCUT2D eigenvalue weighted by Gasteiger charge is 2.31. The third kappa shape index (κ3) is 3.86. The molecular formula is C21H23N3O2S. The molecule has 2 unspecified atom stereocenters. The van der Waals surface area contributed by atoms with Crippen molar-refractivity contribution in [3.8, 4) is 5.75 Å². The fourth-order valence-electron chi connectivity index (χ4n) is 3.84. The summed E-state index contributed by atoms with van der Waals surface area (Å²) in [5.74, 6) is 2.49. The quantitative estimate of drug-likeness (QED) is 0.562. The zero-order chi connectivity index (χ0) is 18.6. The Kier molecular flexibility index (Phi) is 5.43. The van der Waals surface area contributed by atoms with E-state index in [2.05, 4.69) is 34.8 Å². The van der Waals surface area contributed by atoms with Gasteiger partial charge in [0.2, 0.25) is 0 Å². The van der Waals surface area contributed by atoms with Crippen molar-refractivity contribution in [1.29, 1.82) is 0 Å². The summed E-state index contributed by atoms with van der Waals surface area (Å²) in [6, 6.07) is 14.5. The van der Waals surface area contributed by atoms with Crippen molar-refractivity contribution in [2.75, 3.05) is 7.11 Å². The van der Waals surface area contributed by atoms with Crippen LogP contribution < -0.4 is 10.1 Å². The van der Waals surface area contributed by atoms with Crippen LogP contribution >= 0.6 is 11.8 Å². The Morgan fingerprint density at radius 3 is 2.89 bits per heavy atom. The number of ether oxygens (including phenoxy) is 1. The lowest BCUT2D eigenvalue weighted by atomic mass is 9.92. The molecule has 2 atom stereocenters. The topological polar surface area (TPSA) is 63.0 Å². The van der Waals surface area contributed by atoms with Crippen molar-refractivity contribution >= 4 is 23.3 Å². The molecule has 27 heavy (non-hydrogen) atoms. The molecule has 140 valence electrons. The molecule has 0 saturated heterocycles. The molecule has 0 spiro atoms. The maximum atomic E-state index is 10.9. The molecule has 1 heterocycles. The Morgan fingerprint density at radius 1 is 1.22 bits per heavy atom. The number of hydrogen-bond acceptors (Lipinski definition) is 6. The Labute approximate surface area is 163 Å². The summed E-state index contributed by atoms with van der Waals surface area (Å²) in [4.78, 5) is 17.0. The monoisotopic (exact) mass is 381 g/mol. The molecule has 1 saturated carbocycles. The highest BCUT2D eigenvalue weighted by Crippen LogP contribution is 2.34. The molecule has 1 aliphatic heterocycles. The average molecular weight is 382 g/mol. The van der Waals surface area contributed by atoms with Crippen LogP contribution in [0, 0.1) is 4.91 Å². The molecule has 2 aromatic carbocycles. The Morgan fingerprint density at radius 2 is 2.07 bits per heavy atom. The number of hydrogen-bond donors (Lipinski definition) is 1. The van der Waals surface area contributed by atoms with Gasteiger partial charge in [-0.1, -0.05) is 31.0 Å². The zero-order valence-electron chi connectivity index (χ0n) is 15.4. The predicted molar refractivity (Wildman–Crippen MR) is 110 cm³/mol. The Hall–Kier alpha value is -2.34. The molecule has 5 nitrogen and oxygen atoms in total. The largest absolute Gasteiger partial charge is 0.496 e. The average Bonchev–Trinajstić information content (AvgIpc) is 3.16. The van der Waals surface area contributed by atoms with Crippen LogP contribution in [0.3, 0.4) is 0 Å². The Bertz CT molecular complexity index is 868. The van der Waals surface area contributed by atoms with Crippen molar-refractivity contribution in [3.63, 3.8) is 0 Å². The lowest BCUT2D eigenvalue weighted by Gasteiger charge is -2.23. The first-order chi connectivity index (χ1) is 13.3. The maximum Gasteiger partial charge on any atom is 0.130 e. The molecule has 0 radical (unpaired) electrons. The number of rotatable bonds is 6. The van der Waals surface area contributed by atoms with E-state index in [0.29, 0.717) is 23.5 Å². The van der Waals surface area contributed by atoms with E-state index in [1.54, 1.807) is 37.1 Å². The second kappa shape index (κ2) is 8.13. The number of nitrogens with one attached hydrogen (secondary N) is 1. The lowest BCUT2D eigenvalue weighted by Crippen LogP contribution is -2.37. The summed E-state index contributed by atoms with van der Waals surface area (Å²) in [5.41, 5.74) is 2.54. The summed E-state index contributed by atoms with van der Waals surface area (Å²) in [7, 11) is 1.64. The van der Waals surface area contributed by atoms with Gasteiger partial charge >= 0.3 is 0 Å². The molecule has 0 aromatic heterocycles. The van der Waals surface area contributed by atoms with Crippen molar-refractivity contribution in [2.45, 2.75) is 48.4 Å². The van der Waals surface area contributed by atoms with Gasteiger partial charge in [-0.15, -0.1) is 16.7 Å². The van der Waals surface area contributed by atoms with Crippen LogP contribution in [-0.2, 0) is 5.75 Å². The van der Waals surface area contributed by atoms with E-state index in [0.717, 1.165) is 22.7 Å². The van der Waals surface area contributed by atoms with Crippen LogP contribution in [0.2, 0.25) is 0 Å². The normalized spacial score (nSPS) is 21.1. The maximum absolute atomic E-state index is 10.9. The van der Waals surface area contributed by atoms with Gasteiger partial charge in [-0.2, -0.15) is 0 Å². The molecule has 1 aliphatic carbocycles. The number of benzene rings is 2. The van der Waals surface area contributed by atoms with Crippen LogP contribution in [0.1, 0.15) is 36.8 Å². The highest BCUT2D eigenvalue weighted by atomic mass is 32.2. The lowest BCUT2D eigenvalue weighted by molar-refractivity contribution is 0.385. The van der Waals surface area contributed by atoms with E-state index < -0.39 is 0 Å². The number of thioether (sulfide) groups is 1. The van der Waals surface area contributed by atoms with Gasteiger partial charge in [0.05, 0.1) is 13.2 Å². The summed E-state index contributed by atoms with van der Waals surface area (Å²) >= 11 is 1.72. The molecule has 2 aromatic rings. The van der Waals surface area contributed by atoms with E-state index in [1.807, 2.05) is 0 Å². The van der Waals surface area contributed by atoms with Crippen LogP contribution in [-0.4, -0.2) is 25.0 Å². The molecule has 6 heteroatoms. The predicted octanol–water partition coefficient (Wildman–Crippen LogP) is 5.05.